The number of rotatable bonds is 1. The maximum atomic E-state index is 4.42. The summed E-state index contributed by atoms with van der Waals surface area (Å²) in [4.78, 5) is 6.83. The molecule has 0 saturated heterocycles. The van der Waals surface area contributed by atoms with E-state index in [2.05, 4.69) is 48.1 Å². The van der Waals surface area contributed by atoms with Gasteiger partial charge in [-0.2, -0.15) is 0 Å². The summed E-state index contributed by atoms with van der Waals surface area (Å²) in [6.45, 7) is 3.41. The molecule has 2 heterocycles. The van der Waals surface area contributed by atoms with Crippen molar-refractivity contribution < 1.29 is 0 Å². The number of benzene rings is 1. The molecule has 0 saturated carbocycles. The minimum Gasteiger partial charge on any atom is -0.299 e. The van der Waals surface area contributed by atoms with Crippen LogP contribution in [0.25, 0.3) is 11.3 Å². The summed E-state index contributed by atoms with van der Waals surface area (Å²) in [6, 6.07) is 13.3. The fourth-order valence-electron chi connectivity index (χ4n) is 2.65. The normalized spacial score (nSPS) is 19.6. The molecule has 0 amide bonds. The van der Waals surface area contributed by atoms with E-state index in [0.29, 0.717) is 6.04 Å². The quantitative estimate of drug-likeness (QED) is 0.758. The molecule has 18 heavy (non-hydrogen) atoms. The molecule has 0 fully saturated rings. The molecule has 1 aromatic heterocycles. The molecule has 1 aliphatic heterocycles. The highest BCUT2D eigenvalue weighted by atomic mass is 15.1. The Morgan fingerprint density at radius 2 is 2.11 bits per heavy atom. The first-order valence-electron chi connectivity index (χ1n) is 6.50. The number of nitrogens with zero attached hydrogens (tertiary/aromatic N) is 2. The summed E-state index contributed by atoms with van der Waals surface area (Å²) in [5, 5.41) is 0. The number of hydrogen-bond donors (Lipinski definition) is 0. The third-order valence-electron chi connectivity index (χ3n) is 3.95. The van der Waals surface area contributed by atoms with Crippen LogP contribution in [0.5, 0.6) is 0 Å². The van der Waals surface area contributed by atoms with Gasteiger partial charge in [-0.3, -0.25) is 9.88 Å². The fraction of sp³-hybridized carbons (Fsp3) is 0.312. The van der Waals surface area contributed by atoms with Gasteiger partial charge in [-0.05, 0) is 49.7 Å². The van der Waals surface area contributed by atoms with Crippen molar-refractivity contribution in [1.29, 1.82) is 0 Å². The Hall–Kier alpha value is -1.67. The Labute approximate surface area is 108 Å². The van der Waals surface area contributed by atoms with Crippen LogP contribution >= 0.6 is 0 Å². The fourth-order valence-corrected chi connectivity index (χ4v) is 2.65. The van der Waals surface area contributed by atoms with Crippen molar-refractivity contribution in [3.8, 4) is 11.3 Å². The van der Waals surface area contributed by atoms with Crippen molar-refractivity contribution in [2.45, 2.75) is 19.4 Å². The maximum Gasteiger partial charge on any atom is 0.0702 e. The van der Waals surface area contributed by atoms with Crippen LogP contribution in [0.2, 0.25) is 0 Å². The molecule has 92 valence electrons. The molecule has 1 unspecified atom stereocenters. The number of aromatic nitrogens is 1. The Balaban J connectivity index is 2.02. The second-order valence-corrected chi connectivity index (χ2v) is 5.04. The predicted octanol–water partition coefficient (Wildman–Crippen LogP) is 3.30. The minimum atomic E-state index is 0.520. The van der Waals surface area contributed by atoms with Gasteiger partial charge in [0.25, 0.3) is 0 Å². The van der Waals surface area contributed by atoms with Crippen molar-refractivity contribution in [1.82, 2.24) is 9.88 Å². The highest BCUT2D eigenvalue weighted by Crippen LogP contribution is 2.30. The lowest BCUT2D eigenvalue weighted by molar-refractivity contribution is 0.247. The van der Waals surface area contributed by atoms with E-state index in [1.54, 1.807) is 0 Å². The number of likely N-dealkylation sites (N-methyl/N-ethyl adjacent to an activating group) is 1. The molecule has 3 rings (SSSR count). The molecule has 0 bridgehead atoms. The van der Waals surface area contributed by atoms with Gasteiger partial charge in [0.05, 0.1) is 5.69 Å². The largest absolute Gasteiger partial charge is 0.299 e. The molecule has 1 aromatic carbocycles. The van der Waals surface area contributed by atoms with Crippen LogP contribution in [0.1, 0.15) is 24.1 Å². The van der Waals surface area contributed by atoms with Crippen LogP contribution in [0.3, 0.4) is 0 Å². The van der Waals surface area contributed by atoms with E-state index in [0.717, 1.165) is 18.7 Å². The summed E-state index contributed by atoms with van der Waals surface area (Å²) >= 11 is 0. The smallest absolute Gasteiger partial charge is 0.0702 e. The first-order chi connectivity index (χ1) is 8.75. The minimum absolute atomic E-state index is 0.520. The second-order valence-electron chi connectivity index (χ2n) is 5.04. The maximum absolute atomic E-state index is 4.42. The average Bonchev–Trinajstić information content (AvgIpc) is 2.44. The number of pyridine rings is 1. The van der Waals surface area contributed by atoms with E-state index in [-0.39, 0.29) is 0 Å². The molecule has 0 N–H and O–H groups in total. The SMILES string of the molecule is CC1c2ccc(-c3ccccn3)cc2CCN1C. The van der Waals surface area contributed by atoms with Crippen LogP contribution in [0.15, 0.2) is 42.6 Å². The molecule has 0 radical (unpaired) electrons. The van der Waals surface area contributed by atoms with Crippen LogP contribution in [-0.2, 0) is 6.42 Å². The highest BCUT2D eigenvalue weighted by Gasteiger charge is 2.20. The highest BCUT2D eigenvalue weighted by molar-refractivity contribution is 5.61. The van der Waals surface area contributed by atoms with Crippen molar-refractivity contribution in [3.63, 3.8) is 0 Å². The molecule has 0 aliphatic carbocycles. The zero-order valence-corrected chi connectivity index (χ0v) is 10.9. The van der Waals surface area contributed by atoms with E-state index in [4.69, 9.17) is 0 Å². The molecule has 2 heteroatoms. The molecule has 0 spiro atoms. The Morgan fingerprint density at radius 1 is 1.22 bits per heavy atom. The third kappa shape index (κ3) is 1.93. The summed E-state index contributed by atoms with van der Waals surface area (Å²) < 4.78 is 0. The third-order valence-corrected chi connectivity index (χ3v) is 3.95. The van der Waals surface area contributed by atoms with Crippen molar-refractivity contribution >= 4 is 0 Å². The van der Waals surface area contributed by atoms with Gasteiger partial charge in [-0.25, -0.2) is 0 Å². The Morgan fingerprint density at radius 3 is 2.89 bits per heavy atom. The topological polar surface area (TPSA) is 16.1 Å². The van der Waals surface area contributed by atoms with E-state index >= 15 is 0 Å². The van der Waals surface area contributed by atoms with Gasteiger partial charge >= 0.3 is 0 Å². The van der Waals surface area contributed by atoms with E-state index < -0.39 is 0 Å². The Kier molecular flexibility index (Phi) is 2.88. The zero-order chi connectivity index (χ0) is 12.5. The molecular formula is C16H18N2. The van der Waals surface area contributed by atoms with Crippen molar-refractivity contribution in [3.05, 3.63) is 53.7 Å². The lowest BCUT2D eigenvalue weighted by atomic mass is 9.91. The predicted molar refractivity (Wildman–Crippen MR) is 74.4 cm³/mol. The summed E-state index contributed by atoms with van der Waals surface area (Å²) in [5.41, 5.74) is 5.23. The van der Waals surface area contributed by atoms with Gasteiger partial charge in [-0.1, -0.05) is 18.2 Å². The van der Waals surface area contributed by atoms with E-state index in [1.807, 2.05) is 18.3 Å². The van der Waals surface area contributed by atoms with Crippen molar-refractivity contribution in [2.75, 3.05) is 13.6 Å². The zero-order valence-electron chi connectivity index (χ0n) is 10.9. The number of hydrogen-bond acceptors (Lipinski definition) is 2. The first kappa shape index (κ1) is 11.4. The lowest BCUT2D eigenvalue weighted by Crippen LogP contribution is -2.30. The Bertz CT molecular complexity index is 548. The van der Waals surface area contributed by atoms with E-state index in [1.165, 1.54) is 16.7 Å². The van der Waals surface area contributed by atoms with Gasteiger partial charge in [0.1, 0.15) is 0 Å². The molecular weight excluding hydrogens is 220 g/mol. The van der Waals surface area contributed by atoms with Crippen LogP contribution < -0.4 is 0 Å². The van der Waals surface area contributed by atoms with Gasteiger partial charge < -0.3 is 0 Å². The lowest BCUT2D eigenvalue weighted by Gasteiger charge is -2.32. The number of fused-ring (bicyclic) bond motifs is 1. The van der Waals surface area contributed by atoms with Crippen LogP contribution in [0.4, 0.5) is 0 Å². The van der Waals surface area contributed by atoms with Crippen LogP contribution in [-0.4, -0.2) is 23.5 Å². The summed E-state index contributed by atoms with van der Waals surface area (Å²) in [7, 11) is 2.19. The van der Waals surface area contributed by atoms with Gasteiger partial charge in [0.2, 0.25) is 0 Å². The second kappa shape index (κ2) is 4.54. The van der Waals surface area contributed by atoms with E-state index in [9.17, 15) is 0 Å². The van der Waals surface area contributed by atoms with Gasteiger partial charge in [0, 0.05) is 24.3 Å². The molecule has 2 nitrogen and oxygen atoms in total. The molecule has 2 aromatic rings. The van der Waals surface area contributed by atoms with Crippen molar-refractivity contribution in [2.24, 2.45) is 0 Å². The standard InChI is InChI=1S/C16H18N2/c1-12-15-7-6-14(16-5-3-4-9-17-16)11-13(15)8-10-18(12)2/h3-7,9,11-12H,8,10H2,1-2H3. The summed E-state index contributed by atoms with van der Waals surface area (Å²) in [5.74, 6) is 0. The first-order valence-corrected chi connectivity index (χ1v) is 6.50. The summed E-state index contributed by atoms with van der Waals surface area (Å²) in [6.07, 6.45) is 2.99. The van der Waals surface area contributed by atoms with Gasteiger partial charge in [0.15, 0.2) is 0 Å². The molecule has 1 atom stereocenters. The van der Waals surface area contributed by atoms with Crippen LogP contribution in [0, 0.1) is 0 Å². The van der Waals surface area contributed by atoms with Gasteiger partial charge in [-0.15, -0.1) is 0 Å². The molecule has 1 aliphatic rings. The monoisotopic (exact) mass is 238 g/mol. The average molecular weight is 238 g/mol.